The van der Waals surface area contributed by atoms with Crippen LogP contribution in [0, 0.1) is 11.8 Å². The molecule has 0 saturated carbocycles. The van der Waals surface area contributed by atoms with E-state index in [1.54, 1.807) is 0 Å². The van der Waals surface area contributed by atoms with Gasteiger partial charge in [-0.1, -0.05) is 54.5 Å². The van der Waals surface area contributed by atoms with Crippen molar-refractivity contribution < 1.29 is 4.79 Å². The standard InChI is InChI=1S/C22H24N2O/c1-23(17-20-11-6-3-7-12-20)21-13-8-16-24(18-21)22(25)15-14-19-9-4-2-5-10-19/h2-7,9-12,21H,8,13,16-18H2,1H3. The summed E-state index contributed by atoms with van der Waals surface area (Å²) in [5.74, 6) is 5.70. The third kappa shape index (κ3) is 4.95. The summed E-state index contributed by atoms with van der Waals surface area (Å²) in [5, 5.41) is 0. The second-order valence-corrected chi connectivity index (χ2v) is 6.56. The third-order valence-electron chi connectivity index (χ3n) is 4.67. The lowest BCUT2D eigenvalue weighted by Gasteiger charge is -2.37. The van der Waals surface area contributed by atoms with Crippen LogP contribution in [0.1, 0.15) is 24.0 Å². The van der Waals surface area contributed by atoms with Gasteiger partial charge >= 0.3 is 0 Å². The van der Waals surface area contributed by atoms with Gasteiger partial charge in [-0.2, -0.15) is 0 Å². The molecular weight excluding hydrogens is 308 g/mol. The zero-order chi connectivity index (χ0) is 17.5. The smallest absolute Gasteiger partial charge is 0.298 e. The van der Waals surface area contributed by atoms with Gasteiger partial charge in [-0.25, -0.2) is 0 Å². The molecule has 1 aliphatic rings. The van der Waals surface area contributed by atoms with Crippen LogP contribution in [0.15, 0.2) is 60.7 Å². The third-order valence-corrected chi connectivity index (χ3v) is 4.67. The van der Waals surface area contributed by atoms with E-state index in [1.807, 2.05) is 41.3 Å². The van der Waals surface area contributed by atoms with E-state index < -0.39 is 0 Å². The van der Waals surface area contributed by atoms with Gasteiger partial charge in [-0.15, -0.1) is 0 Å². The zero-order valence-electron chi connectivity index (χ0n) is 14.7. The molecule has 0 aliphatic carbocycles. The largest absolute Gasteiger partial charge is 0.330 e. The topological polar surface area (TPSA) is 23.6 Å². The SMILES string of the molecule is CN(Cc1ccccc1)C1CCCN(C(=O)C#Cc2ccccc2)C1. The molecule has 3 nitrogen and oxygen atoms in total. The maximum atomic E-state index is 12.4. The number of piperidine rings is 1. The lowest BCUT2D eigenvalue weighted by Crippen LogP contribution is -2.48. The molecule has 1 fully saturated rings. The summed E-state index contributed by atoms with van der Waals surface area (Å²) >= 11 is 0. The molecule has 1 heterocycles. The fraction of sp³-hybridized carbons (Fsp3) is 0.318. The number of hydrogen-bond donors (Lipinski definition) is 0. The van der Waals surface area contributed by atoms with Crippen molar-refractivity contribution in [1.82, 2.24) is 9.80 Å². The molecule has 0 radical (unpaired) electrons. The lowest BCUT2D eigenvalue weighted by molar-refractivity contribution is -0.127. The van der Waals surface area contributed by atoms with Crippen LogP contribution in [0.5, 0.6) is 0 Å². The molecule has 1 atom stereocenters. The molecule has 2 aromatic rings. The van der Waals surface area contributed by atoms with E-state index in [9.17, 15) is 4.79 Å². The second kappa shape index (κ2) is 8.50. The number of hydrogen-bond acceptors (Lipinski definition) is 2. The highest BCUT2D eigenvalue weighted by atomic mass is 16.2. The van der Waals surface area contributed by atoms with E-state index in [2.05, 4.69) is 48.1 Å². The quantitative estimate of drug-likeness (QED) is 0.806. The highest BCUT2D eigenvalue weighted by Crippen LogP contribution is 2.17. The van der Waals surface area contributed by atoms with Crippen molar-refractivity contribution in [1.29, 1.82) is 0 Å². The van der Waals surface area contributed by atoms with Crippen molar-refractivity contribution in [2.75, 3.05) is 20.1 Å². The number of carbonyl (C=O) groups excluding carboxylic acids is 1. The molecule has 0 aromatic heterocycles. The number of likely N-dealkylation sites (N-methyl/N-ethyl adjacent to an activating group) is 1. The fourth-order valence-corrected chi connectivity index (χ4v) is 3.23. The number of carbonyl (C=O) groups is 1. The molecule has 1 saturated heterocycles. The summed E-state index contributed by atoms with van der Waals surface area (Å²) in [6.45, 7) is 2.47. The van der Waals surface area contributed by atoms with Crippen LogP contribution < -0.4 is 0 Å². The minimum absolute atomic E-state index is 0.0679. The van der Waals surface area contributed by atoms with Gasteiger partial charge < -0.3 is 4.90 Å². The van der Waals surface area contributed by atoms with Gasteiger partial charge in [0.1, 0.15) is 0 Å². The van der Waals surface area contributed by atoms with Gasteiger partial charge in [0.05, 0.1) is 0 Å². The van der Waals surface area contributed by atoms with E-state index in [0.717, 1.165) is 38.0 Å². The van der Waals surface area contributed by atoms with Gasteiger partial charge in [0.2, 0.25) is 0 Å². The van der Waals surface area contributed by atoms with Crippen molar-refractivity contribution in [3.05, 3.63) is 71.8 Å². The molecule has 3 heteroatoms. The Morgan fingerprint density at radius 1 is 1.12 bits per heavy atom. The molecule has 25 heavy (non-hydrogen) atoms. The van der Waals surface area contributed by atoms with Gasteiger partial charge in [0.15, 0.2) is 0 Å². The Morgan fingerprint density at radius 2 is 1.80 bits per heavy atom. The molecule has 0 spiro atoms. The number of amides is 1. The van der Waals surface area contributed by atoms with E-state index in [-0.39, 0.29) is 5.91 Å². The van der Waals surface area contributed by atoms with Gasteiger partial charge in [0.25, 0.3) is 5.91 Å². The number of nitrogens with zero attached hydrogens (tertiary/aromatic N) is 2. The summed E-state index contributed by atoms with van der Waals surface area (Å²) in [6.07, 6.45) is 2.15. The summed E-state index contributed by atoms with van der Waals surface area (Å²) in [5.41, 5.74) is 2.18. The molecule has 3 rings (SSSR count). The minimum Gasteiger partial charge on any atom is -0.330 e. The van der Waals surface area contributed by atoms with Crippen LogP contribution in [-0.2, 0) is 11.3 Å². The first-order chi connectivity index (χ1) is 12.2. The van der Waals surface area contributed by atoms with Crippen LogP contribution in [0.4, 0.5) is 0 Å². The average molecular weight is 332 g/mol. The molecule has 2 aromatic carbocycles. The van der Waals surface area contributed by atoms with Crippen molar-refractivity contribution >= 4 is 5.91 Å². The minimum atomic E-state index is -0.0679. The molecule has 0 bridgehead atoms. The zero-order valence-corrected chi connectivity index (χ0v) is 14.7. The first-order valence-corrected chi connectivity index (χ1v) is 8.82. The summed E-state index contributed by atoms with van der Waals surface area (Å²) in [4.78, 5) is 16.7. The number of likely N-dealkylation sites (tertiary alicyclic amines) is 1. The average Bonchev–Trinajstić information content (AvgIpc) is 2.68. The molecule has 0 N–H and O–H groups in total. The molecule has 1 aliphatic heterocycles. The molecule has 1 amide bonds. The molecule has 128 valence electrons. The first-order valence-electron chi connectivity index (χ1n) is 8.82. The van der Waals surface area contributed by atoms with Crippen LogP contribution >= 0.6 is 0 Å². The summed E-state index contributed by atoms with van der Waals surface area (Å²) in [6, 6.07) is 20.5. The Balaban J connectivity index is 1.59. The maximum Gasteiger partial charge on any atom is 0.298 e. The normalized spacial score (nSPS) is 17.0. The second-order valence-electron chi connectivity index (χ2n) is 6.56. The van der Waals surface area contributed by atoms with E-state index >= 15 is 0 Å². The van der Waals surface area contributed by atoms with Gasteiger partial charge in [-0.3, -0.25) is 9.69 Å². The van der Waals surface area contributed by atoms with Crippen molar-refractivity contribution in [2.45, 2.75) is 25.4 Å². The molecule has 1 unspecified atom stereocenters. The van der Waals surface area contributed by atoms with Crippen LogP contribution in [-0.4, -0.2) is 41.9 Å². The Morgan fingerprint density at radius 3 is 2.52 bits per heavy atom. The predicted molar refractivity (Wildman–Crippen MR) is 101 cm³/mol. The predicted octanol–water partition coefficient (Wildman–Crippen LogP) is 3.16. The Kier molecular flexibility index (Phi) is 5.87. The molecular formula is C22H24N2O. The number of rotatable bonds is 3. The van der Waals surface area contributed by atoms with E-state index in [4.69, 9.17) is 0 Å². The van der Waals surface area contributed by atoms with Crippen molar-refractivity contribution in [3.8, 4) is 11.8 Å². The Hall–Kier alpha value is -2.57. The van der Waals surface area contributed by atoms with Crippen molar-refractivity contribution in [2.24, 2.45) is 0 Å². The maximum absolute atomic E-state index is 12.4. The van der Waals surface area contributed by atoms with Gasteiger partial charge in [-0.05, 0) is 37.6 Å². The first kappa shape index (κ1) is 17.3. The number of benzene rings is 2. The van der Waals surface area contributed by atoms with E-state index in [1.165, 1.54) is 5.56 Å². The fourth-order valence-electron chi connectivity index (χ4n) is 3.23. The van der Waals surface area contributed by atoms with Crippen LogP contribution in [0.3, 0.4) is 0 Å². The van der Waals surface area contributed by atoms with Crippen LogP contribution in [0.25, 0.3) is 0 Å². The summed E-state index contributed by atoms with van der Waals surface area (Å²) in [7, 11) is 2.14. The van der Waals surface area contributed by atoms with Crippen LogP contribution in [0.2, 0.25) is 0 Å². The highest BCUT2D eigenvalue weighted by molar-refractivity contribution is 5.94. The summed E-state index contributed by atoms with van der Waals surface area (Å²) < 4.78 is 0. The Labute approximate surface area is 150 Å². The lowest BCUT2D eigenvalue weighted by atomic mass is 10.0. The Bertz CT molecular complexity index is 746. The van der Waals surface area contributed by atoms with E-state index in [0.29, 0.717) is 6.04 Å². The van der Waals surface area contributed by atoms with Crippen molar-refractivity contribution in [3.63, 3.8) is 0 Å². The highest BCUT2D eigenvalue weighted by Gasteiger charge is 2.25. The monoisotopic (exact) mass is 332 g/mol. The van der Waals surface area contributed by atoms with Gasteiger partial charge in [0, 0.05) is 37.2 Å².